The quantitative estimate of drug-likeness (QED) is 0.696. The van der Waals surface area contributed by atoms with Crippen LogP contribution in [-0.4, -0.2) is 35.0 Å². The van der Waals surface area contributed by atoms with Gasteiger partial charge in [0, 0.05) is 31.4 Å². The molecule has 1 fully saturated rings. The first-order valence-electron chi connectivity index (χ1n) is 8.56. The van der Waals surface area contributed by atoms with Crippen molar-refractivity contribution in [2.45, 2.75) is 12.5 Å². The summed E-state index contributed by atoms with van der Waals surface area (Å²) in [6.07, 6.45) is 2.06. The van der Waals surface area contributed by atoms with E-state index in [2.05, 4.69) is 4.98 Å². The van der Waals surface area contributed by atoms with Crippen LogP contribution in [0.5, 0.6) is 0 Å². The maximum Gasteiger partial charge on any atom is 0.201 e. The number of benzene rings is 1. The molecule has 0 spiro atoms. The van der Waals surface area contributed by atoms with Gasteiger partial charge in [-0.15, -0.1) is 0 Å². The van der Waals surface area contributed by atoms with E-state index in [1.165, 1.54) is 0 Å². The SMILES string of the molecule is NC1CCN(c2nc3c(cc2F)c(=O)c(C=O)cn3-c2ccc(F)cc2F)C1. The number of halogens is 3. The summed E-state index contributed by atoms with van der Waals surface area (Å²) in [6, 6.07) is 3.71. The number of pyridine rings is 2. The van der Waals surface area contributed by atoms with Crippen LogP contribution in [0.25, 0.3) is 16.7 Å². The number of hydrogen-bond acceptors (Lipinski definition) is 5. The molecule has 1 aliphatic rings. The predicted octanol–water partition coefficient (Wildman–Crippen LogP) is 2.15. The van der Waals surface area contributed by atoms with Crippen molar-refractivity contribution in [2.24, 2.45) is 5.73 Å². The van der Waals surface area contributed by atoms with Crippen molar-refractivity contribution in [3.63, 3.8) is 0 Å². The fraction of sp³-hybridized carbons (Fsp3) is 0.211. The summed E-state index contributed by atoms with van der Waals surface area (Å²) in [7, 11) is 0. The van der Waals surface area contributed by atoms with Crippen LogP contribution >= 0.6 is 0 Å². The highest BCUT2D eigenvalue weighted by molar-refractivity contribution is 5.86. The zero-order chi connectivity index (χ0) is 20.0. The van der Waals surface area contributed by atoms with Gasteiger partial charge in [-0.05, 0) is 24.6 Å². The predicted molar refractivity (Wildman–Crippen MR) is 97.4 cm³/mol. The molecule has 2 aromatic heterocycles. The van der Waals surface area contributed by atoms with Gasteiger partial charge >= 0.3 is 0 Å². The van der Waals surface area contributed by atoms with Crippen molar-refractivity contribution in [1.82, 2.24) is 9.55 Å². The van der Waals surface area contributed by atoms with Crippen LogP contribution in [0.1, 0.15) is 16.8 Å². The third-order valence-corrected chi connectivity index (χ3v) is 4.76. The van der Waals surface area contributed by atoms with Crippen molar-refractivity contribution < 1.29 is 18.0 Å². The van der Waals surface area contributed by atoms with Gasteiger partial charge in [0.05, 0.1) is 16.6 Å². The molecule has 9 heteroatoms. The van der Waals surface area contributed by atoms with Gasteiger partial charge in [-0.25, -0.2) is 18.2 Å². The number of nitrogens with zero attached hydrogens (tertiary/aromatic N) is 3. The average Bonchev–Trinajstić information content (AvgIpc) is 3.09. The normalized spacial score (nSPS) is 16.7. The molecule has 0 radical (unpaired) electrons. The number of rotatable bonds is 3. The Labute approximate surface area is 157 Å². The molecular weight excluding hydrogens is 373 g/mol. The van der Waals surface area contributed by atoms with E-state index in [1.807, 2.05) is 0 Å². The fourth-order valence-electron chi connectivity index (χ4n) is 3.38. The van der Waals surface area contributed by atoms with Crippen LogP contribution in [0.15, 0.2) is 35.3 Å². The minimum absolute atomic E-state index is 0.0185. The molecular formula is C19H15F3N4O2. The van der Waals surface area contributed by atoms with E-state index in [9.17, 15) is 22.8 Å². The van der Waals surface area contributed by atoms with E-state index in [-0.39, 0.29) is 34.1 Å². The maximum atomic E-state index is 14.7. The van der Waals surface area contributed by atoms with E-state index < -0.39 is 22.9 Å². The van der Waals surface area contributed by atoms with Gasteiger partial charge in [-0.1, -0.05) is 0 Å². The summed E-state index contributed by atoms with van der Waals surface area (Å²) in [4.78, 5) is 29.7. The molecule has 144 valence electrons. The van der Waals surface area contributed by atoms with Crippen LogP contribution in [0.3, 0.4) is 0 Å². The monoisotopic (exact) mass is 388 g/mol. The lowest BCUT2D eigenvalue weighted by Crippen LogP contribution is -2.28. The molecule has 0 bridgehead atoms. The van der Waals surface area contributed by atoms with Crippen LogP contribution in [0, 0.1) is 17.5 Å². The first kappa shape index (κ1) is 18.2. The molecule has 1 aromatic carbocycles. The van der Waals surface area contributed by atoms with Gasteiger partial charge in [-0.3, -0.25) is 14.2 Å². The molecule has 0 aliphatic carbocycles. The minimum Gasteiger partial charge on any atom is -0.353 e. The van der Waals surface area contributed by atoms with E-state index in [4.69, 9.17) is 5.73 Å². The van der Waals surface area contributed by atoms with Crippen LogP contribution in [0.4, 0.5) is 19.0 Å². The highest BCUT2D eigenvalue weighted by Crippen LogP contribution is 2.26. The van der Waals surface area contributed by atoms with E-state index in [1.54, 1.807) is 4.90 Å². The standard InChI is InChI=1S/C19H15F3N4O2/c20-11-1-2-16(14(21)5-11)26-7-10(9-27)17(28)13-6-15(22)19(24-18(13)26)25-4-3-12(23)8-25/h1-2,5-7,9,12H,3-4,8,23H2. The minimum atomic E-state index is -0.919. The Morgan fingerprint density at radius 1 is 1.18 bits per heavy atom. The second-order valence-electron chi connectivity index (χ2n) is 6.66. The van der Waals surface area contributed by atoms with Crippen LogP contribution in [0.2, 0.25) is 0 Å². The Morgan fingerprint density at radius 2 is 1.96 bits per heavy atom. The number of anilines is 1. The Hall–Kier alpha value is -3.20. The lowest BCUT2D eigenvalue weighted by atomic mass is 10.2. The maximum absolute atomic E-state index is 14.7. The molecule has 2 N–H and O–H groups in total. The summed E-state index contributed by atoms with van der Waals surface area (Å²) < 4.78 is 43.5. The van der Waals surface area contributed by atoms with Crippen LogP contribution < -0.4 is 16.1 Å². The van der Waals surface area contributed by atoms with E-state index in [0.717, 1.165) is 29.0 Å². The molecule has 1 aliphatic heterocycles. The third-order valence-electron chi connectivity index (χ3n) is 4.76. The van der Waals surface area contributed by atoms with E-state index >= 15 is 0 Å². The smallest absolute Gasteiger partial charge is 0.201 e. The van der Waals surface area contributed by atoms with Gasteiger partial charge in [0.25, 0.3) is 0 Å². The lowest BCUT2D eigenvalue weighted by Gasteiger charge is -2.19. The van der Waals surface area contributed by atoms with Crippen molar-refractivity contribution >= 4 is 23.1 Å². The zero-order valence-corrected chi connectivity index (χ0v) is 14.5. The Morgan fingerprint density at radius 3 is 2.61 bits per heavy atom. The zero-order valence-electron chi connectivity index (χ0n) is 14.5. The second-order valence-corrected chi connectivity index (χ2v) is 6.66. The first-order chi connectivity index (χ1) is 13.4. The number of carbonyl (C=O) groups excluding carboxylic acids is 1. The number of aldehydes is 1. The van der Waals surface area contributed by atoms with Gasteiger partial charge in [0.1, 0.15) is 11.6 Å². The number of hydrogen-bond donors (Lipinski definition) is 1. The molecule has 3 heterocycles. The topological polar surface area (TPSA) is 81.2 Å². The summed E-state index contributed by atoms with van der Waals surface area (Å²) >= 11 is 0. The summed E-state index contributed by atoms with van der Waals surface area (Å²) in [5, 5.41) is -0.182. The number of nitrogens with two attached hydrogens (primary N) is 1. The number of fused-ring (bicyclic) bond motifs is 1. The second kappa shape index (κ2) is 6.75. The van der Waals surface area contributed by atoms with Gasteiger partial charge < -0.3 is 10.6 Å². The number of carbonyl (C=O) groups is 1. The molecule has 1 saturated heterocycles. The van der Waals surface area contributed by atoms with Crippen molar-refractivity contribution in [3.8, 4) is 5.69 Å². The van der Waals surface area contributed by atoms with Crippen molar-refractivity contribution in [1.29, 1.82) is 0 Å². The molecule has 4 rings (SSSR count). The fourth-order valence-corrected chi connectivity index (χ4v) is 3.38. The molecule has 1 unspecified atom stereocenters. The van der Waals surface area contributed by atoms with Gasteiger partial charge in [0.2, 0.25) is 5.43 Å². The average molecular weight is 388 g/mol. The summed E-state index contributed by atoms with van der Waals surface area (Å²) in [5.41, 5.74) is 4.68. The Kier molecular flexibility index (Phi) is 4.38. The summed E-state index contributed by atoms with van der Waals surface area (Å²) in [6.45, 7) is 0.870. The third kappa shape index (κ3) is 2.93. The number of aromatic nitrogens is 2. The molecule has 6 nitrogen and oxygen atoms in total. The van der Waals surface area contributed by atoms with Crippen LogP contribution in [-0.2, 0) is 0 Å². The van der Waals surface area contributed by atoms with Gasteiger partial charge in [0.15, 0.2) is 23.6 Å². The largest absolute Gasteiger partial charge is 0.353 e. The van der Waals surface area contributed by atoms with E-state index in [0.29, 0.717) is 31.9 Å². The lowest BCUT2D eigenvalue weighted by molar-refractivity contribution is 0.112. The molecule has 1 atom stereocenters. The Balaban J connectivity index is 2.03. The molecule has 28 heavy (non-hydrogen) atoms. The molecule has 0 amide bonds. The van der Waals surface area contributed by atoms with Gasteiger partial charge in [-0.2, -0.15) is 0 Å². The Bertz CT molecular complexity index is 1160. The summed E-state index contributed by atoms with van der Waals surface area (Å²) in [5.74, 6) is -2.46. The highest BCUT2D eigenvalue weighted by Gasteiger charge is 2.25. The van der Waals surface area contributed by atoms with Crippen molar-refractivity contribution in [3.05, 3.63) is 63.7 Å². The molecule has 3 aromatic rings. The van der Waals surface area contributed by atoms with Crippen molar-refractivity contribution in [2.75, 3.05) is 18.0 Å². The highest BCUT2D eigenvalue weighted by atomic mass is 19.1. The first-order valence-corrected chi connectivity index (χ1v) is 8.56. The molecule has 0 saturated carbocycles.